The molecule has 3 aromatic rings. The molecule has 3 aromatic carbocycles. The van der Waals surface area contributed by atoms with E-state index in [1.54, 1.807) is 43.3 Å². The molecule has 0 atom stereocenters. The molecule has 42 heavy (non-hydrogen) atoms. The average molecular weight is 607 g/mol. The second-order valence-electron chi connectivity index (χ2n) is 9.50. The van der Waals surface area contributed by atoms with Crippen molar-refractivity contribution in [3.63, 3.8) is 0 Å². The van der Waals surface area contributed by atoms with Gasteiger partial charge in [0.05, 0.1) is 16.3 Å². The minimum absolute atomic E-state index is 0.219. The van der Waals surface area contributed by atoms with Gasteiger partial charge in [-0.3, -0.25) is 9.52 Å². The quantitative estimate of drug-likeness (QED) is 0.301. The van der Waals surface area contributed by atoms with Gasteiger partial charge >= 0.3 is 12.1 Å². The van der Waals surface area contributed by atoms with Crippen molar-refractivity contribution in [2.45, 2.75) is 37.9 Å². The normalized spacial score (nSPS) is 13.5. The zero-order chi connectivity index (χ0) is 30.9. The number of hydrogen-bond acceptors (Lipinski definition) is 6. The summed E-state index contributed by atoms with van der Waals surface area (Å²) >= 11 is 0. The maximum absolute atomic E-state index is 13.3. The Bertz CT molecular complexity index is 1490. The van der Waals surface area contributed by atoms with Crippen molar-refractivity contribution in [3.05, 3.63) is 89.0 Å². The predicted molar refractivity (Wildman–Crippen MR) is 154 cm³/mol. The van der Waals surface area contributed by atoms with Gasteiger partial charge in [-0.05, 0) is 54.3 Å². The van der Waals surface area contributed by atoms with Crippen molar-refractivity contribution in [2.24, 2.45) is 0 Å². The Labute approximate surface area is 242 Å². The number of amides is 1. The van der Waals surface area contributed by atoms with Crippen LogP contribution >= 0.6 is 0 Å². The molecule has 13 heteroatoms. The number of aryl methyl sites for hydroxylation is 2. The van der Waals surface area contributed by atoms with Gasteiger partial charge in [0.25, 0.3) is 15.9 Å². The van der Waals surface area contributed by atoms with Crippen LogP contribution in [0, 0.1) is 6.92 Å². The van der Waals surface area contributed by atoms with E-state index in [9.17, 15) is 26.4 Å². The third-order valence-electron chi connectivity index (χ3n) is 6.47. The molecule has 226 valence electrons. The molecule has 0 radical (unpaired) electrons. The Morgan fingerprint density at radius 2 is 1.57 bits per heavy atom. The number of benzene rings is 3. The fourth-order valence-corrected chi connectivity index (χ4v) is 5.49. The molecular formula is C29H33F3N4O5S. The molecule has 1 amide bonds. The smallest absolute Gasteiger partial charge is 0.475 e. The van der Waals surface area contributed by atoms with Gasteiger partial charge < -0.3 is 20.6 Å². The fraction of sp³-hybridized carbons (Fsp3) is 0.310. The van der Waals surface area contributed by atoms with Crippen molar-refractivity contribution >= 4 is 33.3 Å². The molecule has 0 aliphatic carbocycles. The highest BCUT2D eigenvalue weighted by molar-refractivity contribution is 7.92. The molecule has 9 nitrogen and oxygen atoms in total. The lowest BCUT2D eigenvalue weighted by Gasteiger charge is -2.31. The highest BCUT2D eigenvalue weighted by Crippen LogP contribution is 2.30. The van der Waals surface area contributed by atoms with E-state index in [0.29, 0.717) is 23.4 Å². The van der Waals surface area contributed by atoms with E-state index < -0.39 is 22.2 Å². The number of piperazine rings is 1. The van der Waals surface area contributed by atoms with Crippen LogP contribution in [0.4, 0.5) is 24.5 Å². The van der Waals surface area contributed by atoms with E-state index in [4.69, 9.17) is 9.90 Å². The maximum atomic E-state index is 13.3. The number of carbonyl (C=O) groups excluding carboxylic acids is 1. The van der Waals surface area contributed by atoms with Crippen molar-refractivity contribution in [1.29, 1.82) is 0 Å². The van der Waals surface area contributed by atoms with E-state index in [1.807, 2.05) is 18.2 Å². The summed E-state index contributed by atoms with van der Waals surface area (Å²) in [5.74, 6) is -3.01. The third kappa shape index (κ3) is 8.95. The maximum Gasteiger partial charge on any atom is 0.490 e. The largest absolute Gasteiger partial charge is 0.490 e. The van der Waals surface area contributed by atoms with Crippen LogP contribution in [0.1, 0.15) is 34.0 Å². The summed E-state index contributed by atoms with van der Waals surface area (Å²) in [7, 11) is -3.83. The van der Waals surface area contributed by atoms with Gasteiger partial charge in [0, 0.05) is 38.3 Å². The zero-order valence-electron chi connectivity index (χ0n) is 23.2. The second kappa shape index (κ2) is 14.2. The second-order valence-corrected chi connectivity index (χ2v) is 11.1. The van der Waals surface area contributed by atoms with Gasteiger partial charge in [0.1, 0.15) is 0 Å². The summed E-state index contributed by atoms with van der Waals surface area (Å²) in [6, 6.07) is 20.2. The van der Waals surface area contributed by atoms with E-state index in [2.05, 4.69) is 39.3 Å². The first kappa shape index (κ1) is 32.4. The summed E-state index contributed by atoms with van der Waals surface area (Å²) in [6.07, 6.45) is -4.12. The average Bonchev–Trinajstić information content (AvgIpc) is 2.96. The SMILES string of the molecule is CCc1ccc(CNC(=O)c2ccc(N3CCNCC3)c(NS(=O)(=O)c3ccccc3C)c2)cc1.O=C(O)C(F)(F)F. The molecule has 1 aliphatic rings. The van der Waals surface area contributed by atoms with Crippen LogP contribution in [-0.2, 0) is 27.8 Å². The molecule has 0 spiro atoms. The minimum atomic E-state index is -5.08. The Hall–Kier alpha value is -4.10. The van der Waals surface area contributed by atoms with Gasteiger partial charge in [-0.1, -0.05) is 49.4 Å². The molecule has 1 saturated heterocycles. The van der Waals surface area contributed by atoms with Crippen LogP contribution < -0.4 is 20.3 Å². The number of aliphatic carboxylic acids is 1. The number of carbonyl (C=O) groups is 2. The van der Waals surface area contributed by atoms with Crippen LogP contribution in [0.25, 0.3) is 0 Å². The van der Waals surface area contributed by atoms with Crippen LogP contribution in [0.2, 0.25) is 0 Å². The molecule has 0 bridgehead atoms. The monoisotopic (exact) mass is 606 g/mol. The first-order valence-corrected chi connectivity index (χ1v) is 14.6. The number of hydrogen-bond donors (Lipinski definition) is 4. The first-order chi connectivity index (χ1) is 19.8. The number of nitrogens with zero attached hydrogens (tertiary/aromatic N) is 1. The Kier molecular flexibility index (Phi) is 10.9. The van der Waals surface area contributed by atoms with Crippen molar-refractivity contribution < 1.29 is 36.3 Å². The summed E-state index contributed by atoms with van der Waals surface area (Å²) in [5.41, 5.74) is 4.47. The molecular weight excluding hydrogens is 573 g/mol. The number of anilines is 2. The predicted octanol–water partition coefficient (Wildman–Crippen LogP) is 4.33. The van der Waals surface area contributed by atoms with Gasteiger partial charge in [-0.25, -0.2) is 13.2 Å². The van der Waals surface area contributed by atoms with E-state index in [-0.39, 0.29) is 10.8 Å². The number of rotatable bonds is 8. The number of carboxylic acids is 1. The van der Waals surface area contributed by atoms with Crippen LogP contribution in [0.3, 0.4) is 0 Å². The molecule has 0 unspecified atom stereocenters. The fourth-order valence-electron chi connectivity index (χ4n) is 4.18. The third-order valence-corrected chi connectivity index (χ3v) is 8.00. The van der Waals surface area contributed by atoms with Gasteiger partial charge in [0.2, 0.25) is 0 Å². The molecule has 0 aromatic heterocycles. The summed E-state index contributed by atoms with van der Waals surface area (Å²) < 4.78 is 61.0. The standard InChI is InChI=1S/C27H32N4O3S.C2HF3O2/c1-3-21-8-10-22(11-9-21)19-29-27(32)23-12-13-25(31-16-14-28-15-17-31)24(18-23)30-35(33,34)26-7-5-4-6-20(26)2;3-2(4,5)1(6)7/h4-13,18,28,30H,3,14-17,19H2,1-2H3,(H,29,32);(H,6,7). The minimum Gasteiger partial charge on any atom is -0.475 e. The van der Waals surface area contributed by atoms with Crippen LogP contribution in [-0.4, -0.2) is 57.8 Å². The molecule has 4 rings (SSSR count). The molecule has 1 aliphatic heterocycles. The van der Waals surface area contributed by atoms with Crippen molar-refractivity contribution in [2.75, 3.05) is 35.8 Å². The summed E-state index contributed by atoms with van der Waals surface area (Å²) in [6.45, 7) is 7.38. The van der Waals surface area contributed by atoms with E-state index >= 15 is 0 Å². The van der Waals surface area contributed by atoms with Gasteiger partial charge in [-0.2, -0.15) is 13.2 Å². The Morgan fingerprint density at radius 1 is 0.976 bits per heavy atom. The first-order valence-electron chi connectivity index (χ1n) is 13.2. The lowest BCUT2D eigenvalue weighted by Crippen LogP contribution is -2.43. The number of sulfonamides is 1. The number of nitrogens with one attached hydrogen (secondary N) is 3. The van der Waals surface area contributed by atoms with Crippen LogP contribution in [0.5, 0.6) is 0 Å². The van der Waals surface area contributed by atoms with Crippen molar-refractivity contribution in [3.8, 4) is 0 Å². The van der Waals surface area contributed by atoms with E-state index in [1.165, 1.54) is 5.56 Å². The van der Waals surface area contributed by atoms with Gasteiger partial charge in [0.15, 0.2) is 0 Å². The summed E-state index contributed by atoms with van der Waals surface area (Å²) in [4.78, 5) is 24.2. The molecule has 4 N–H and O–H groups in total. The number of carboxylic acid groups (broad SMARTS) is 1. The Morgan fingerprint density at radius 3 is 2.14 bits per heavy atom. The molecule has 1 heterocycles. The van der Waals surface area contributed by atoms with Crippen LogP contribution in [0.15, 0.2) is 71.6 Å². The molecule has 0 saturated carbocycles. The molecule has 1 fully saturated rings. The van der Waals surface area contributed by atoms with E-state index in [0.717, 1.165) is 43.9 Å². The number of halogens is 3. The highest BCUT2D eigenvalue weighted by Gasteiger charge is 2.38. The topological polar surface area (TPSA) is 128 Å². The summed E-state index contributed by atoms with van der Waals surface area (Å²) in [5, 5.41) is 13.4. The zero-order valence-corrected chi connectivity index (χ0v) is 24.0. The number of alkyl halides is 3. The van der Waals surface area contributed by atoms with Crippen molar-refractivity contribution in [1.82, 2.24) is 10.6 Å². The lowest BCUT2D eigenvalue weighted by atomic mass is 10.1. The highest BCUT2D eigenvalue weighted by atomic mass is 32.2. The van der Waals surface area contributed by atoms with Gasteiger partial charge in [-0.15, -0.1) is 0 Å². The lowest BCUT2D eigenvalue weighted by molar-refractivity contribution is -0.192. The Balaban J connectivity index is 0.000000616.